The van der Waals surface area contributed by atoms with Crippen molar-refractivity contribution in [3.05, 3.63) is 16.4 Å². The van der Waals surface area contributed by atoms with Crippen molar-refractivity contribution in [2.24, 2.45) is 11.3 Å². The summed E-state index contributed by atoms with van der Waals surface area (Å²) in [6.45, 7) is 5.54. The normalized spacial score (nSPS) is 21.8. The molecule has 0 saturated heterocycles. The Labute approximate surface area is 122 Å². The van der Waals surface area contributed by atoms with Gasteiger partial charge in [-0.1, -0.05) is 20.3 Å². The zero-order valence-electron chi connectivity index (χ0n) is 11.8. The number of ketones is 1. The van der Waals surface area contributed by atoms with Crippen LogP contribution in [0, 0.1) is 11.3 Å². The third-order valence-corrected chi connectivity index (χ3v) is 4.69. The van der Waals surface area contributed by atoms with E-state index in [4.69, 9.17) is 4.74 Å². The van der Waals surface area contributed by atoms with E-state index in [9.17, 15) is 4.79 Å². The van der Waals surface area contributed by atoms with Crippen LogP contribution in [-0.4, -0.2) is 29.3 Å². The molecule has 2 rings (SSSR count). The van der Waals surface area contributed by atoms with Gasteiger partial charge in [-0.2, -0.15) is 5.10 Å². The fourth-order valence-electron chi connectivity index (χ4n) is 2.93. The summed E-state index contributed by atoms with van der Waals surface area (Å²) in [6.07, 6.45) is 4.93. The number of carbonyl (C=O) groups excluding carboxylic acids is 1. The molecule has 0 N–H and O–H groups in total. The number of aromatic nitrogens is 2. The summed E-state index contributed by atoms with van der Waals surface area (Å²) in [5.74, 6) is 0.310. The maximum Gasteiger partial charge on any atom is 0.185 e. The number of carbonyl (C=O) groups is 1. The highest BCUT2D eigenvalue weighted by molar-refractivity contribution is 9.10. The molecule has 5 heteroatoms. The lowest BCUT2D eigenvalue weighted by molar-refractivity contribution is 0.0823. The Morgan fingerprint density at radius 2 is 2.37 bits per heavy atom. The number of ether oxygens (including phenoxy) is 1. The lowest BCUT2D eigenvalue weighted by Crippen LogP contribution is -2.28. The molecule has 1 aromatic rings. The molecule has 1 heterocycles. The van der Waals surface area contributed by atoms with Gasteiger partial charge in [-0.05, 0) is 34.2 Å². The van der Waals surface area contributed by atoms with Gasteiger partial charge < -0.3 is 4.74 Å². The first kappa shape index (κ1) is 14.7. The third kappa shape index (κ3) is 2.92. The monoisotopic (exact) mass is 328 g/mol. The Morgan fingerprint density at radius 1 is 1.63 bits per heavy atom. The fourth-order valence-corrected chi connectivity index (χ4v) is 3.42. The van der Waals surface area contributed by atoms with E-state index in [2.05, 4.69) is 34.9 Å². The first-order valence-electron chi connectivity index (χ1n) is 6.72. The largest absolute Gasteiger partial charge is 0.383 e. The number of Topliss-reactive ketones (excluding diaryl/α,β-unsaturated/α-hetero) is 1. The van der Waals surface area contributed by atoms with Gasteiger partial charge >= 0.3 is 0 Å². The van der Waals surface area contributed by atoms with Gasteiger partial charge in [0.15, 0.2) is 5.78 Å². The molecule has 1 fully saturated rings. The smallest absolute Gasteiger partial charge is 0.185 e. The highest BCUT2D eigenvalue weighted by Crippen LogP contribution is 2.44. The van der Waals surface area contributed by atoms with E-state index in [0.29, 0.717) is 18.8 Å². The first-order chi connectivity index (χ1) is 8.97. The fraction of sp³-hybridized carbons (Fsp3) is 0.714. The molecule has 1 saturated carbocycles. The van der Waals surface area contributed by atoms with Gasteiger partial charge in [0.25, 0.3) is 0 Å². The van der Waals surface area contributed by atoms with Crippen molar-refractivity contribution in [3.63, 3.8) is 0 Å². The van der Waals surface area contributed by atoms with Gasteiger partial charge in [0.1, 0.15) is 5.69 Å². The lowest BCUT2D eigenvalue weighted by Gasteiger charge is -2.26. The molecule has 0 amide bonds. The molecule has 1 aliphatic carbocycles. The molecule has 0 spiro atoms. The number of hydrogen-bond acceptors (Lipinski definition) is 3. The second kappa shape index (κ2) is 5.75. The number of methoxy groups -OCH3 is 1. The Hall–Kier alpha value is -0.680. The van der Waals surface area contributed by atoms with Crippen LogP contribution in [0.3, 0.4) is 0 Å². The quantitative estimate of drug-likeness (QED) is 0.779. The van der Waals surface area contributed by atoms with Crippen LogP contribution in [0.5, 0.6) is 0 Å². The van der Waals surface area contributed by atoms with Crippen molar-refractivity contribution in [1.29, 1.82) is 0 Å². The summed E-state index contributed by atoms with van der Waals surface area (Å²) in [7, 11) is 1.65. The molecule has 1 unspecified atom stereocenters. The minimum absolute atomic E-state index is 0.0902. The third-order valence-electron chi connectivity index (χ3n) is 4.11. The summed E-state index contributed by atoms with van der Waals surface area (Å²) in [4.78, 5) is 12.8. The maximum atomic E-state index is 12.8. The zero-order valence-corrected chi connectivity index (χ0v) is 13.4. The van der Waals surface area contributed by atoms with E-state index in [-0.39, 0.29) is 17.1 Å². The zero-order chi connectivity index (χ0) is 14.0. The number of hydrogen-bond donors (Lipinski definition) is 0. The van der Waals surface area contributed by atoms with Crippen LogP contribution < -0.4 is 0 Å². The molecule has 1 atom stereocenters. The molecule has 1 aromatic heterocycles. The highest BCUT2D eigenvalue weighted by Gasteiger charge is 2.41. The summed E-state index contributed by atoms with van der Waals surface area (Å²) >= 11 is 3.45. The molecular weight excluding hydrogens is 308 g/mol. The summed E-state index contributed by atoms with van der Waals surface area (Å²) in [6, 6.07) is 0. The van der Waals surface area contributed by atoms with E-state index < -0.39 is 0 Å². The van der Waals surface area contributed by atoms with Crippen LogP contribution in [0.25, 0.3) is 0 Å². The Bertz CT molecular complexity index is 468. The van der Waals surface area contributed by atoms with Crippen molar-refractivity contribution in [1.82, 2.24) is 9.78 Å². The van der Waals surface area contributed by atoms with E-state index in [1.807, 2.05) is 0 Å². The van der Waals surface area contributed by atoms with Gasteiger partial charge in [0, 0.05) is 13.0 Å². The molecule has 0 bridgehead atoms. The van der Waals surface area contributed by atoms with Gasteiger partial charge in [0.05, 0.1) is 23.8 Å². The first-order valence-corrected chi connectivity index (χ1v) is 7.51. The lowest BCUT2D eigenvalue weighted by atomic mass is 9.78. The maximum absolute atomic E-state index is 12.8. The van der Waals surface area contributed by atoms with Crippen molar-refractivity contribution >= 4 is 21.7 Å². The summed E-state index contributed by atoms with van der Waals surface area (Å²) < 4.78 is 7.61. The average Bonchev–Trinajstić information content (AvgIpc) is 2.88. The molecule has 4 nitrogen and oxygen atoms in total. The highest BCUT2D eigenvalue weighted by atomic mass is 79.9. The van der Waals surface area contributed by atoms with Crippen LogP contribution in [0.15, 0.2) is 10.7 Å². The van der Waals surface area contributed by atoms with Crippen molar-refractivity contribution in [2.75, 3.05) is 13.7 Å². The predicted molar refractivity (Wildman–Crippen MR) is 77.3 cm³/mol. The van der Waals surface area contributed by atoms with E-state index in [1.165, 1.54) is 0 Å². The predicted octanol–water partition coefficient (Wildman–Crippen LogP) is 3.30. The van der Waals surface area contributed by atoms with E-state index in [0.717, 1.165) is 23.7 Å². The topological polar surface area (TPSA) is 44.1 Å². The molecular formula is C14H21BrN2O2. The van der Waals surface area contributed by atoms with Crippen LogP contribution in [0.1, 0.15) is 43.6 Å². The average molecular weight is 329 g/mol. The van der Waals surface area contributed by atoms with Gasteiger partial charge in [-0.3, -0.25) is 9.48 Å². The van der Waals surface area contributed by atoms with Crippen LogP contribution >= 0.6 is 15.9 Å². The second-order valence-corrected chi connectivity index (χ2v) is 6.71. The molecule has 0 aliphatic heterocycles. The minimum atomic E-state index is 0.0902. The van der Waals surface area contributed by atoms with Crippen molar-refractivity contribution in [3.8, 4) is 0 Å². The second-order valence-electron chi connectivity index (χ2n) is 5.85. The van der Waals surface area contributed by atoms with E-state index >= 15 is 0 Å². The molecule has 0 radical (unpaired) electrons. The summed E-state index contributed by atoms with van der Waals surface area (Å²) in [5.41, 5.74) is 0.782. The van der Waals surface area contributed by atoms with Crippen LogP contribution in [-0.2, 0) is 11.3 Å². The standard InChI is InChI=1S/C14H21BrN2O2/c1-14(2)6-4-5-10(14)13(18)12-11(15)9-16-17(12)7-8-19-3/h9-10H,4-8H2,1-3H3. The summed E-state index contributed by atoms with van der Waals surface area (Å²) in [5, 5.41) is 4.26. The minimum Gasteiger partial charge on any atom is -0.383 e. The van der Waals surface area contributed by atoms with Crippen molar-refractivity contribution in [2.45, 2.75) is 39.7 Å². The molecule has 19 heavy (non-hydrogen) atoms. The van der Waals surface area contributed by atoms with Crippen LogP contribution in [0.4, 0.5) is 0 Å². The Balaban J connectivity index is 2.25. The molecule has 1 aliphatic rings. The SMILES string of the molecule is COCCn1ncc(Br)c1C(=O)C1CCCC1(C)C. The Morgan fingerprint density at radius 3 is 2.95 bits per heavy atom. The van der Waals surface area contributed by atoms with Gasteiger partial charge in [-0.25, -0.2) is 0 Å². The van der Waals surface area contributed by atoms with Gasteiger partial charge in [0.2, 0.25) is 0 Å². The van der Waals surface area contributed by atoms with E-state index in [1.54, 1.807) is 18.0 Å². The number of rotatable bonds is 5. The number of nitrogens with zero attached hydrogens (tertiary/aromatic N) is 2. The van der Waals surface area contributed by atoms with Crippen molar-refractivity contribution < 1.29 is 9.53 Å². The molecule has 106 valence electrons. The number of halogens is 1. The Kier molecular flexibility index (Phi) is 4.46. The molecule has 0 aromatic carbocycles. The van der Waals surface area contributed by atoms with Gasteiger partial charge in [-0.15, -0.1) is 0 Å². The van der Waals surface area contributed by atoms with Crippen LogP contribution in [0.2, 0.25) is 0 Å².